The summed E-state index contributed by atoms with van der Waals surface area (Å²) in [6, 6.07) is 6.01. The predicted octanol–water partition coefficient (Wildman–Crippen LogP) is 3.36. The maximum atomic E-state index is 12.4. The van der Waals surface area contributed by atoms with Gasteiger partial charge in [0.05, 0.1) is 0 Å². The summed E-state index contributed by atoms with van der Waals surface area (Å²) in [7, 11) is 0. The number of H-pyrrole nitrogens is 1. The first-order valence-electron chi connectivity index (χ1n) is 8.24. The molecule has 0 aliphatic carbocycles. The van der Waals surface area contributed by atoms with E-state index in [0.717, 1.165) is 27.9 Å². The number of nitrogens with zero attached hydrogens (tertiary/aromatic N) is 1. The van der Waals surface area contributed by atoms with Gasteiger partial charge in [-0.1, -0.05) is 17.7 Å². The highest BCUT2D eigenvalue weighted by molar-refractivity contribution is 5.92. The van der Waals surface area contributed by atoms with Crippen LogP contribution in [0.2, 0.25) is 0 Å². The number of carbonyl (C=O) groups excluding carboxylic acids is 1. The molecule has 5 nitrogen and oxygen atoms in total. The monoisotopic (exact) mass is 337 g/mol. The highest BCUT2D eigenvalue weighted by atomic mass is 16.1. The molecule has 2 rings (SSSR count). The molecule has 0 aliphatic rings. The Balaban J connectivity index is 2.17. The standard InChI is InChI=1S/C20H23N3O2/c1-11-8-12(2)19(13(3)9-11)23-18(24)7-6-16-14(4)17(10-21)20(25)22-15(16)5/h8-9H,6-7H2,1-5H3,(H,22,25)(H,23,24). The summed E-state index contributed by atoms with van der Waals surface area (Å²) < 4.78 is 0. The van der Waals surface area contributed by atoms with Crippen LogP contribution in [-0.4, -0.2) is 10.9 Å². The van der Waals surface area contributed by atoms with Gasteiger partial charge in [0.25, 0.3) is 5.56 Å². The summed E-state index contributed by atoms with van der Waals surface area (Å²) in [4.78, 5) is 26.8. The summed E-state index contributed by atoms with van der Waals surface area (Å²) in [6.45, 7) is 9.52. The number of carbonyl (C=O) groups is 1. The van der Waals surface area contributed by atoms with Gasteiger partial charge in [-0.15, -0.1) is 0 Å². The van der Waals surface area contributed by atoms with Crippen molar-refractivity contribution in [1.82, 2.24) is 4.98 Å². The number of hydrogen-bond donors (Lipinski definition) is 2. The van der Waals surface area contributed by atoms with E-state index in [2.05, 4.69) is 10.3 Å². The van der Waals surface area contributed by atoms with Crippen molar-refractivity contribution in [2.75, 3.05) is 5.32 Å². The van der Waals surface area contributed by atoms with Crippen LogP contribution in [0.1, 0.15) is 45.5 Å². The van der Waals surface area contributed by atoms with Crippen LogP contribution in [0.3, 0.4) is 0 Å². The molecular formula is C20H23N3O2. The number of nitrogens with one attached hydrogen (secondary N) is 2. The minimum atomic E-state index is -0.378. The van der Waals surface area contributed by atoms with Gasteiger partial charge >= 0.3 is 0 Å². The Morgan fingerprint density at radius 3 is 2.32 bits per heavy atom. The summed E-state index contributed by atoms with van der Waals surface area (Å²) in [5.41, 5.74) is 6.03. The summed E-state index contributed by atoms with van der Waals surface area (Å²) >= 11 is 0. The first kappa shape index (κ1) is 18.5. The van der Waals surface area contributed by atoms with Gasteiger partial charge in [-0.2, -0.15) is 5.26 Å². The molecule has 1 aromatic carbocycles. The zero-order valence-corrected chi connectivity index (χ0v) is 15.3. The number of pyridine rings is 1. The van der Waals surface area contributed by atoms with Crippen molar-refractivity contribution in [3.8, 4) is 6.07 Å². The Labute approximate surface area is 147 Å². The number of anilines is 1. The Bertz CT molecular complexity index is 910. The number of hydrogen-bond acceptors (Lipinski definition) is 3. The van der Waals surface area contributed by atoms with Crippen LogP contribution in [0, 0.1) is 45.9 Å². The molecule has 0 atom stereocenters. The second-order valence-corrected chi connectivity index (χ2v) is 6.49. The van der Waals surface area contributed by atoms with Gasteiger partial charge in [0.2, 0.25) is 5.91 Å². The molecular weight excluding hydrogens is 314 g/mol. The van der Waals surface area contributed by atoms with Crippen LogP contribution in [-0.2, 0) is 11.2 Å². The minimum Gasteiger partial charge on any atom is -0.326 e. The van der Waals surface area contributed by atoms with Crippen LogP contribution in [0.25, 0.3) is 0 Å². The highest BCUT2D eigenvalue weighted by Crippen LogP contribution is 2.22. The highest BCUT2D eigenvalue weighted by Gasteiger charge is 2.14. The lowest BCUT2D eigenvalue weighted by molar-refractivity contribution is -0.116. The predicted molar refractivity (Wildman–Crippen MR) is 98.9 cm³/mol. The summed E-state index contributed by atoms with van der Waals surface area (Å²) in [6.07, 6.45) is 0.754. The number of nitriles is 1. The van der Waals surface area contributed by atoms with Crippen molar-refractivity contribution in [1.29, 1.82) is 5.26 Å². The lowest BCUT2D eigenvalue weighted by Gasteiger charge is -2.14. The van der Waals surface area contributed by atoms with Crippen molar-refractivity contribution in [3.05, 3.63) is 61.6 Å². The van der Waals surface area contributed by atoms with E-state index in [1.54, 1.807) is 13.8 Å². The van der Waals surface area contributed by atoms with Gasteiger partial charge in [0.1, 0.15) is 11.6 Å². The third-order valence-electron chi connectivity index (χ3n) is 4.46. The van der Waals surface area contributed by atoms with E-state index in [0.29, 0.717) is 17.7 Å². The lowest BCUT2D eigenvalue weighted by atomic mass is 9.99. The van der Waals surface area contributed by atoms with E-state index in [4.69, 9.17) is 5.26 Å². The number of aromatic amines is 1. The fourth-order valence-corrected chi connectivity index (χ4v) is 3.24. The molecule has 130 valence electrons. The molecule has 2 aromatic rings. The van der Waals surface area contributed by atoms with E-state index in [9.17, 15) is 9.59 Å². The molecule has 0 bridgehead atoms. The van der Waals surface area contributed by atoms with Crippen LogP contribution in [0.5, 0.6) is 0 Å². The fourth-order valence-electron chi connectivity index (χ4n) is 3.24. The minimum absolute atomic E-state index is 0.0847. The van der Waals surface area contributed by atoms with Gasteiger partial charge < -0.3 is 10.3 Å². The number of rotatable bonds is 4. The first-order valence-corrected chi connectivity index (χ1v) is 8.24. The second-order valence-electron chi connectivity index (χ2n) is 6.49. The zero-order chi connectivity index (χ0) is 18.7. The summed E-state index contributed by atoms with van der Waals surface area (Å²) in [5.74, 6) is -0.0847. The molecule has 1 heterocycles. The number of aromatic nitrogens is 1. The molecule has 0 spiro atoms. The molecule has 0 saturated heterocycles. The van der Waals surface area contributed by atoms with Gasteiger partial charge in [-0.25, -0.2) is 0 Å². The van der Waals surface area contributed by atoms with E-state index in [-0.39, 0.29) is 23.5 Å². The smallest absolute Gasteiger partial charge is 0.266 e. The van der Waals surface area contributed by atoms with Gasteiger partial charge in [0.15, 0.2) is 0 Å². The van der Waals surface area contributed by atoms with E-state index < -0.39 is 0 Å². The SMILES string of the molecule is Cc1cc(C)c(NC(=O)CCc2c(C)[nH]c(=O)c(C#N)c2C)c(C)c1. The largest absolute Gasteiger partial charge is 0.326 e. The molecule has 0 unspecified atom stereocenters. The number of aryl methyl sites for hydroxylation is 4. The zero-order valence-electron chi connectivity index (χ0n) is 15.3. The van der Waals surface area contributed by atoms with Crippen molar-refractivity contribution < 1.29 is 4.79 Å². The molecule has 5 heteroatoms. The Hall–Kier alpha value is -2.87. The molecule has 25 heavy (non-hydrogen) atoms. The normalized spacial score (nSPS) is 10.4. The van der Waals surface area contributed by atoms with E-state index >= 15 is 0 Å². The topological polar surface area (TPSA) is 85.8 Å². The Kier molecular flexibility index (Phi) is 5.43. The van der Waals surface area contributed by atoms with E-state index in [1.807, 2.05) is 39.0 Å². The average molecular weight is 337 g/mol. The maximum Gasteiger partial charge on any atom is 0.266 e. The van der Waals surface area contributed by atoms with Crippen molar-refractivity contribution in [2.24, 2.45) is 0 Å². The third-order valence-corrected chi connectivity index (χ3v) is 4.46. The number of benzene rings is 1. The van der Waals surface area contributed by atoms with Gasteiger partial charge in [-0.3, -0.25) is 9.59 Å². The molecule has 0 aliphatic heterocycles. The lowest BCUT2D eigenvalue weighted by Crippen LogP contribution is -2.19. The van der Waals surface area contributed by atoms with E-state index in [1.165, 1.54) is 0 Å². The molecule has 1 aromatic heterocycles. The average Bonchev–Trinajstić information content (AvgIpc) is 2.50. The van der Waals surface area contributed by atoms with Crippen LogP contribution >= 0.6 is 0 Å². The second kappa shape index (κ2) is 7.35. The van der Waals surface area contributed by atoms with Gasteiger partial charge in [0, 0.05) is 17.8 Å². The Morgan fingerprint density at radius 1 is 1.16 bits per heavy atom. The maximum absolute atomic E-state index is 12.4. The van der Waals surface area contributed by atoms with Crippen molar-refractivity contribution in [2.45, 2.75) is 47.5 Å². The summed E-state index contributed by atoms with van der Waals surface area (Å²) in [5, 5.41) is 12.1. The molecule has 1 amide bonds. The molecule has 0 fully saturated rings. The Morgan fingerprint density at radius 2 is 1.76 bits per heavy atom. The number of amides is 1. The third kappa shape index (κ3) is 3.97. The fraction of sp³-hybridized carbons (Fsp3) is 0.350. The van der Waals surface area contributed by atoms with Crippen molar-refractivity contribution in [3.63, 3.8) is 0 Å². The van der Waals surface area contributed by atoms with Gasteiger partial charge in [-0.05, 0) is 63.3 Å². The van der Waals surface area contributed by atoms with Crippen LogP contribution in [0.15, 0.2) is 16.9 Å². The van der Waals surface area contributed by atoms with Crippen molar-refractivity contribution >= 4 is 11.6 Å². The molecule has 2 N–H and O–H groups in total. The van der Waals surface area contributed by atoms with Crippen LogP contribution in [0.4, 0.5) is 5.69 Å². The molecule has 0 saturated carbocycles. The first-order chi connectivity index (χ1) is 11.7. The quantitative estimate of drug-likeness (QED) is 0.897. The van der Waals surface area contributed by atoms with Crippen LogP contribution < -0.4 is 10.9 Å². The molecule has 0 radical (unpaired) electrons.